The monoisotopic (exact) mass is 1470 g/mol. The second-order valence-electron chi connectivity index (χ2n) is 20.8. The number of rotatable bonds is 18. The number of hydrogen-bond donors (Lipinski definition) is 0. The van der Waals surface area contributed by atoms with Crippen LogP contribution in [0.2, 0.25) is 0 Å². The van der Waals surface area contributed by atoms with E-state index in [0.717, 1.165) is 59.8 Å². The summed E-state index contributed by atoms with van der Waals surface area (Å²) >= 11 is 2.96. The minimum absolute atomic E-state index is 0.0185. The normalized spacial score (nSPS) is 9.46. The van der Waals surface area contributed by atoms with E-state index in [1.807, 2.05) is 295 Å². The van der Waals surface area contributed by atoms with Crippen LogP contribution in [-0.2, 0) is 0 Å². The highest BCUT2D eigenvalue weighted by Gasteiger charge is 2.27. The zero-order chi connectivity index (χ0) is 80.8. The Morgan fingerprint density at radius 2 is 0.692 bits per heavy atom. The fourth-order valence-electron chi connectivity index (χ4n) is 8.66. The molecule has 0 bridgehead atoms. The molecule has 0 aliphatic rings. The van der Waals surface area contributed by atoms with Crippen molar-refractivity contribution in [3.05, 3.63) is 292 Å². The molecule has 0 unspecified atom stereocenters. The Kier molecular flexibility index (Phi) is 48.5. The first kappa shape index (κ1) is 94.4. The summed E-state index contributed by atoms with van der Waals surface area (Å²) in [5.41, 5.74) is 12.0. The van der Waals surface area contributed by atoms with E-state index in [9.17, 15) is 31.2 Å². The topological polar surface area (TPSA) is 209 Å². The van der Waals surface area contributed by atoms with Crippen LogP contribution in [0.5, 0.6) is 0 Å². The Morgan fingerprint density at radius 1 is 0.383 bits per heavy atom. The second kappa shape index (κ2) is 55.0. The SMILES string of the molecule is CC.CC.CC.CC.CC.CC.CC.CN(C)c1ccc(/C=C/c2ccc(C(=C(C#N)C#N)c3ccc(N(C)C)cc3)s2)cc1.CN(C)c1ccc(N=Nc2ccc(N=Nc3ccc([N+](=O)[O-])cc3)cc2)cc1.[C-]#[N+]C([N+]#[C-])=C(C(=C(C#N)C#N)c1ccccc1)c1ccc(/C=C/c2ccc(N(C)C)cc2)s1. The van der Waals surface area contributed by atoms with E-state index in [0.29, 0.717) is 44.2 Å². The molecule has 0 saturated heterocycles. The van der Waals surface area contributed by atoms with Crippen LogP contribution in [0.25, 0.3) is 50.7 Å². The van der Waals surface area contributed by atoms with E-state index in [1.165, 1.54) is 23.5 Å². The van der Waals surface area contributed by atoms with Crippen LogP contribution in [0.1, 0.15) is 139 Å². The Hall–Kier alpha value is -12.6. The lowest BCUT2D eigenvalue weighted by Crippen LogP contribution is -2.08. The van der Waals surface area contributed by atoms with Gasteiger partial charge in [-0.15, -0.1) is 22.7 Å². The number of anilines is 4. The molecule has 2 aromatic heterocycles. The van der Waals surface area contributed by atoms with Crippen molar-refractivity contribution in [1.29, 1.82) is 21.0 Å². The van der Waals surface area contributed by atoms with Gasteiger partial charge in [-0.05, 0) is 156 Å². The van der Waals surface area contributed by atoms with Gasteiger partial charge in [-0.25, -0.2) is 0 Å². The van der Waals surface area contributed by atoms with Crippen LogP contribution in [-0.4, -0.2) is 61.3 Å². The summed E-state index contributed by atoms with van der Waals surface area (Å²) in [6.07, 6.45) is 8.09. The lowest BCUT2D eigenvalue weighted by molar-refractivity contribution is -0.384. The second-order valence-corrected chi connectivity index (χ2v) is 23.1. The van der Waals surface area contributed by atoms with Crippen molar-refractivity contribution in [1.82, 2.24) is 0 Å². The lowest BCUT2D eigenvalue weighted by atomic mass is 9.92. The fourth-order valence-corrected chi connectivity index (χ4v) is 10.6. The van der Waals surface area contributed by atoms with E-state index >= 15 is 0 Å². The number of allylic oxidation sites excluding steroid dienone is 4. The molecule has 0 amide bonds. The Labute approximate surface area is 646 Å². The van der Waals surface area contributed by atoms with E-state index < -0.39 is 4.92 Å². The van der Waals surface area contributed by atoms with Crippen molar-refractivity contribution in [3.63, 3.8) is 0 Å². The van der Waals surface area contributed by atoms with Crippen molar-refractivity contribution in [3.8, 4) is 24.3 Å². The molecule has 0 spiro atoms. The van der Waals surface area contributed by atoms with Crippen LogP contribution in [0.4, 0.5) is 51.2 Å². The highest BCUT2D eigenvalue weighted by Crippen LogP contribution is 2.41. The lowest BCUT2D eigenvalue weighted by Gasteiger charge is -2.13. The molecule has 0 N–H and O–H groups in total. The molecule has 554 valence electrons. The molecular formula is C88H103N15O2S2. The third-order valence-corrected chi connectivity index (χ3v) is 15.8. The van der Waals surface area contributed by atoms with Crippen LogP contribution in [0, 0.1) is 68.6 Å². The molecule has 19 heteroatoms. The largest absolute Gasteiger partial charge is 0.528 e. The summed E-state index contributed by atoms with van der Waals surface area (Å²) in [5.74, 6) is -0.182. The average molecular weight is 1470 g/mol. The quantitative estimate of drug-likeness (QED) is 0.0198. The van der Waals surface area contributed by atoms with Crippen LogP contribution >= 0.6 is 22.7 Å². The molecule has 17 nitrogen and oxygen atoms in total. The van der Waals surface area contributed by atoms with Gasteiger partial charge >= 0.3 is 5.82 Å². The first-order chi connectivity index (χ1) is 51.9. The average Bonchev–Trinajstić information content (AvgIpc) is 1.47. The summed E-state index contributed by atoms with van der Waals surface area (Å²) < 4.78 is 0. The standard InChI is InChI=1S/C28H19N5S.C26H24N4S.C20H18N6O2.7C2H6/c1-31-28(32-2)27(26(22(18-29)19-30)21-8-6-5-7-9-21)25-17-16-24(34-25)15-12-20-10-13-23(14-11-20)33(3)4;1-29(2)22-10-5-19(6-11-22)7-14-24-15-16-25(31-24)26(21(17-27)18-28)20-8-12-23(13-9-20)30(3)4;1-25(2)19-11-7-17(8-12-19)23-21-15-3-5-16(6-4-15)22-24-18-9-13-20(14-10-18)26(27)28;7*1-2/h5-17H,3-4H3;5-16H,1-4H3;3-14H,1-2H3;7*1-2H3/b15-12+;14-7+;;;;;;;;. The summed E-state index contributed by atoms with van der Waals surface area (Å²) in [6, 6.07) is 69.8. The van der Waals surface area contributed by atoms with Gasteiger partial charge in [-0.1, -0.05) is 176 Å². The number of thiophene rings is 2. The predicted molar refractivity (Wildman–Crippen MR) is 459 cm³/mol. The number of nitro benzene ring substituents is 1. The number of nitriles is 4. The third kappa shape index (κ3) is 31.5. The van der Waals surface area contributed by atoms with Gasteiger partial charge in [0, 0.05) is 122 Å². The van der Waals surface area contributed by atoms with Gasteiger partial charge in [0.1, 0.15) is 48.6 Å². The fraction of sp³-hybridized carbons (Fsp3) is 0.250. The van der Waals surface area contributed by atoms with Gasteiger partial charge < -0.3 is 19.6 Å². The molecule has 0 radical (unpaired) electrons. The van der Waals surface area contributed by atoms with Gasteiger partial charge in [0.2, 0.25) is 0 Å². The molecule has 107 heavy (non-hydrogen) atoms. The summed E-state index contributed by atoms with van der Waals surface area (Å²) in [6.45, 7) is 43.1. The molecule has 2 heterocycles. The molecule has 0 aliphatic heterocycles. The Morgan fingerprint density at radius 3 is 1.02 bits per heavy atom. The predicted octanol–water partition coefficient (Wildman–Crippen LogP) is 26.6. The molecule has 0 aliphatic carbocycles. The first-order valence-electron chi connectivity index (χ1n) is 35.4. The van der Waals surface area contributed by atoms with Crippen LogP contribution < -0.4 is 19.6 Å². The maximum atomic E-state index is 10.6. The molecule has 0 atom stereocenters. The minimum atomic E-state index is -0.454. The number of azo groups is 2. The minimum Gasteiger partial charge on any atom is -0.378 e. The van der Waals surface area contributed by atoms with E-state index in [-0.39, 0.29) is 22.7 Å². The van der Waals surface area contributed by atoms with Crippen molar-refractivity contribution in [2.75, 3.05) is 76.0 Å². The van der Waals surface area contributed by atoms with Crippen molar-refractivity contribution in [2.24, 2.45) is 20.5 Å². The van der Waals surface area contributed by atoms with Gasteiger partial charge in [0.25, 0.3) is 5.69 Å². The zero-order valence-corrected chi connectivity index (χ0v) is 67.8. The molecule has 9 rings (SSSR count). The van der Waals surface area contributed by atoms with Crippen molar-refractivity contribution in [2.45, 2.75) is 96.9 Å². The smallest absolute Gasteiger partial charge is 0.378 e. The van der Waals surface area contributed by atoms with Crippen LogP contribution in [0.15, 0.2) is 238 Å². The summed E-state index contributed by atoms with van der Waals surface area (Å²) in [5, 5.41) is 65.6. The Balaban J connectivity index is 0.00000146. The van der Waals surface area contributed by atoms with Gasteiger partial charge in [0.15, 0.2) is 0 Å². The summed E-state index contributed by atoms with van der Waals surface area (Å²) in [7, 11) is 16.0. The van der Waals surface area contributed by atoms with Gasteiger partial charge in [0.05, 0.1) is 33.2 Å². The highest BCUT2D eigenvalue weighted by atomic mass is 32.1. The molecule has 7 aromatic carbocycles. The molecule has 9 aromatic rings. The van der Waals surface area contributed by atoms with E-state index in [4.69, 9.17) is 13.1 Å². The highest BCUT2D eigenvalue weighted by molar-refractivity contribution is 7.14. The van der Waals surface area contributed by atoms with Gasteiger partial charge in [-0.2, -0.15) is 51.2 Å². The number of non-ortho nitro benzene ring substituents is 1. The summed E-state index contributed by atoms with van der Waals surface area (Å²) in [4.78, 5) is 28.7. The van der Waals surface area contributed by atoms with E-state index in [2.05, 4.69) is 83.6 Å². The van der Waals surface area contributed by atoms with Crippen LogP contribution in [0.3, 0.4) is 0 Å². The van der Waals surface area contributed by atoms with Gasteiger partial charge in [-0.3, -0.25) is 10.1 Å². The maximum absolute atomic E-state index is 10.6. The molecular weight excluding hydrogens is 1360 g/mol. The Bertz CT molecular complexity index is 4510. The third-order valence-electron chi connectivity index (χ3n) is 13.7. The van der Waals surface area contributed by atoms with E-state index in [1.54, 1.807) is 72.0 Å². The first-order valence-corrected chi connectivity index (χ1v) is 37.1. The number of benzene rings is 7. The number of hydrogen-bond acceptors (Lipinski definition) is 16. The van der Waals surface area contributed by atoms with Crippen molar-refractivity contribution >= 4 is 115 Å². The van der Waals surface area contributed by atoms with Crippen molar-refractivity contribution < 1.29 is 4.92 Å². The molecule has 0 fully saturated rings. The maximum Gasteiger partial charge on any atom is 0.528 e. The molecule has 0 saturated carbocycles. The number of nitrogens with zero attached hydrogens (tertiary/aromatic N) is 15. The number of nitro groups is 1. The zero-order valence-electron chi connectivity index (χ0n) is 66.2.